The lowest BCUT2D eigenvalue weighted by molar-refractivity contribution is 0.678. The van der Waals surface area contributed by atoms with Crippen molar-refractivity contribution in [3.8, 4) is 5.82 Å². The highest BCUT2D eigenvalue weighted by atomic mass is 15.3. The quantitative estimate of drug-likeness (QED) is 0.885. The van der Waals surface area contributed by atoms with Crippen LogP contribution in [-0.4, -0.2) is 26.0 Å². The highest BCUT2D eigenvalue weighted by Gasteiger charge is 2.31. The zero-order valence-electron chi connectivity index (χ0n) is 10.8. The van der Waals surface area contributed by atoms with Gasteiger partial charge in [0.15, 0.2) is 5.82 Å². The van der Waals surface area contributed by atoms with Crippen LogP contribution in [0.5, 0.6) is 0 Å². The van der Waals surface area contributed by atoms with Crippen LogP contribution in [0.4, 0.5) is 0 Å². The summed E-state index contributed by atoms with van der Waals surface area (Å²) < 4.78 is 1.97. The molecule has 2 aliphatic rings. The molecule has 0 aromatic carbocycles. The van der Waals surface area contributed by atoms with Crippen LogP contribution in [0.3, 0.4) is 0 Å². The van der Waals surface area contributed by atoms with Gasteiger partial charge in [0.1, 0.15) is 0 Å². The minimum Gasteiger partial charge on any atom is -0.310 e. The van der Waals surface area contributed by atoms with Gasteiger partial charge in [0.05, 0.1) is 11.9 Å². The standard InChI is InChI=1S/C14H17N5/c1-2-13(18-16-7-1)19-14(10-3-4-10)11(9-17-19)8-15-12-5-6-12/h1-2,7,9-10,12,15H,3-6,8H2. The summed E-state index contributed by atoms with van der Waals surface area (Å²) in [6.45, 7) is 0.927. The summed E-state index contributed by atoms with van der Waals surface area (Å²) in [6, 6.07) is 4.60. The van der Waals surface area contributed by atoms with Crippen LogP contribution in [0.15, 0.2) is 24.5 Å². The normalized spacial score (nSPS) is 18.7. The minimum absolute atomic E-state index is 0.653. The van der Waals surface area contributed by atoms with Gasteiger partial charge in [-0.05, 0) is 37.8 Å². The second-order valence-corrected chi connectivity index (χ2v) is 5.48. The number of hydrogen-bond donors (Lipinski definition) is 1. The van der Waals surface area contributed by atoms with Crippen LogP contribution >= 0.6 is 0 Å². The molecule has 5 nitrogen and oxygen atoms in total. The van der Waals surface area contributed by atoms with Gasteiger partial charge >= 0.3 is 0 Å². The Morgan fingerprint density at radius 2 is 2.16 bits per heavy atom. The molecule has 98 valence electrons. The molecule has 2 fully saturated rings. The highest BCUT2D eigenvalue weighted by molar-refractivity contribution is 5.33. The third-order valence-corrected chi connectivity index (χ3v) is 3.78. The molecular formula is C14H17N5. The summed E-state index contributed by atoms with van der Waals surface area (Å²) in [7, 11) is 0. The highest BCUT2D eigenvalue weighted by Crippen LogP contribution is 2.42. The van der Waals surface area contributed by atoms with Crippen LogP contribution in [-0.2, 0) is 6.54 Å². The molecule has 2 saturated carbocycles. The Balaban J connectivity index is 1.66. The van der Waals surface area contributed by atoms with E-state index in [-0.39, 0.29) is 0 Å². The molecule has 0 unspecified atom stereocenters. The van der Waals surface area contributed by atoms with Crippen molar-refractivity contribution in [3.63, 3.8) is 0 Å². The van der Waals surface area contributed by atoms with Crippen LogP contribution in [0.1, 0.15) is 42.9 Å². The van der Waals surface area contributed by atoms with E-state index >= 15 is 0 Å². The van der Waals surface area contributed by atoms with Crippen molar-refractivity contribution < 1.29 is 0 Å². The van der Waals surface area contributed by atoms with E-state index in [1.54, 1.807) is 6.20 Å². The molecule has 0 saturated heterocycles. The molecule has 5 heteroatoms. The molecule has 0 radical (unpaired) electrons. The third-order valence-electron chi connectivity index (χ3n) is 3.78. The SMILES string of the molecule is c1cnnc(-n2ncc(CNC3CC3)c2C2CC2)c1. The lowest BCUT2D eigenvalue weighted by atomic mass is 10.1. The molecule has 0 spiro atoms. The van der Waals surface area contributed by atoms with Crippen molar-refractivity contribution in [2.24, 2.45) is 0 Å². The lowest BCUT2D eigenvalue weighted by Crippen LogP contribution is -2.16. The molecule has 0 bridgehead atoms. The first kappa shape index (κ1) is 11.1. The van der Waals surface area contributed by atoms with Gasteiger partial charge in [-0.2, -0.15) is 10.2 Å². The van der Waals surface area contributed by atoms with Gasteiger partial charge in [0.25, 0.3) is 0 Å². The second-order valence-electron chi connectivity index (χ2n) is 5.48. The van der Waals surface area contributed by atoms with E-state index in [2.05, 4.69) is 20.6 Å². The van der Waals surface area contributed by atoms with Crippen LogP contribution < -0.4 is 5.32 Å². The largest absolute Gasteiger partial charge is 0.310 e. The van der Waals surface area contributed by atoms with Gasteiger partial charge in [-0.3, -0.25) is 0 Å². The van der Waals surface area contributed by atoms with Crippen molar-refractivity contribution in [1.82, 2.24) is 25.3 Å². The maximum absolute atomic E-state index is 4.52. The Kier molecular flexibility index (Phi) is 2.58. The maximum Gasteiger partial charge on any atom is 0.175 e. The number of nitrogens with zero attached hydrogens (tertiary/aromatic N) is 4. The Hall–Kier alpha value is -1.75. The van der Waals surface area contributed by atoms with E-state index in [0.717, 1.165) is 18.4 Å². The third kappa shape index (κ3) is 2.26. The molecule has 1 N–H and O–H groups in total. The fourth-order valence-electron chi connectivity index (χ4n) is 2.45. The monoisotopic (exact) mass is 255 g/mol. The average Bonchev–Trinajstić information content (AvgIpc) is 3.37. The van der Waals surface area contributed by atoms with Crippen molar-refractivity contribution >= 4 is 0 Å². The molecule has 0 amide bonds. The minimum atomic E-state index is 0.653. The molecule has 2 aromatic rings. The van der Waals surface area contributed by atoms with E-state index in [0.29, 0.717) is 5.92 Å². The van der Waals surface area contributed by atoms with Gasteiger partial charge < -0.3 is 5.32 Å². The van der Waals surface area contributed by atoms with E-state index < -0.39 is 0 Å². The van der Waals surface area contributed by atoms with Crippen molar-refractivity contribution in [1.29, 1.82) is 0 Å². The zero-order valence-corrected chi connectivity index (χ0v) is 10.8. The van der Waals surface area contributed by atoms with Gasteiger partial charge in [-0.15, -0.1) is 5.10 Å². The van der Waals surface area contributed by atoms with Crippen molar-refractivity contribution in [3.05, 3.63) is 35.8 Å². The predicted octanol–water partition coefficient (Wildman–Crippen LogP) is 1.79. The zero-order chi connectivity index (χ0) is 12.7. The number of rotatable bonds is 5. The first-order valence-electron chi connectivity index (χ1n) is 7.00. The number of hydrogen-bond acceptors (Lipinski definition) is 4. The topological polar surface area (TPSA) is 55.6 Å². The fraction of sp³-hybridized carbons (Fsp3) is 0.500. The summed E-state index contributed by atoms with van der Waals surface area (Å²) in [6.07, 6.45) is 8.84. The Morgan fingerprint density at radius 1 is 1.26 bits per heavy atom. The van der Waals surface area contributed by atoms with Crippen LogP contribution in [0.2, 0.25) is 0 Å². The van der Waals surface area contributed by atoms with Gasteiger partial charge in [0, 0.05) is 30.3 Å². The average molecular weight is 255 g/mol. The van der Waals surface area contributed by atoms with E-state index in [1.807, 2.05) is 23.0 Å². The molecule has 2 aliphatic carbocycles. The smallest absolute Gasteiger partial charge is 0.175 e. The summed E-state index contributed by atoms with van der Waals surface area (Å²) in [5.74, 6) is 1.47. The first-order valence-corrected chi connectivity index (χ1v) is 7.00. The molecule has 19 heavy (non-hydrogen) atoms. The lowest BCUT2D eigenvalue weighted by Gasteiger charge is -2.08. The van der Waals surface area contributed by atoms with Crippen LogP contribution in [0, 0.1) is 0 Å². The van der Waals surface area contributed by atoms with Crippen molar-refractivity contribution in [2.45, 2.75) is 44.2 Å². The fourth-order valence-corrected chi connectivity index (χ4v) is 2.45. The van der Waals surface area contributed by atoms with Gasteiger partial charge in [-0.1, -0.05) is 0 Å². The Bertz CT molecular complexity index is 569. The summed E-state index contributed by atoms with van der Waals surface area (Å²) >= 11 is 0. The van der Waals surface area contributed by atoms with Gasteiger partial charge in [0.2, 0.25) is 0 Å². The summed E-state index contributed by atoms with van der Waals surface area (Å²) in [4.78, 5) is 0. The second kappa shape index (κ2) is 4.42. The molecule has 4 rings (SSSR count). The Morgan fingerprint density at radius 3 is 2.84 bits per heavy atom. The van der Waals surface area contributed by atoms with E-state index in [1.165, 1.54) is 36.9 Å². The Labute approximate surface area is 112 Å². The predicted molar refractivity (Wildman–Crippen MR) is 71.0 cm³/mol. The molecule has 2 heterocycles. The van der Waals surface area contributed by atoms with E-state index in [4.69, 9.17) is 0 Å². The summed E-state index contributed by atoms with van der Waals surface area (Å²) in [5.41, 5.74) is 2.65. The molecule has 0 atom stereocenters. The number of aromatic nitrogens is 4. The molecule has 2 aromatic heterocycles. The van der Waals surface area contributed by atoms with Crippen LogP contribution in [0.25, 0.3) is 5.82 Å². The van der Waals surface area contributed by atoms with Gasteiger partial charge in [-0.25, -0.2) is 4.68 Å². The van der Waals surface area contributed by atoms with E-state index in [9.17, 15) is 0 Å². The first-order chi connectivity index (χ1) is 9.42. The summed E-state index contributed by atoms with van der Waals surface area (Å²) in [5, 5.41) is 16.2. The molecular weight excluding hydrogens is 238 g/mol. The molecule has 0 aliphatic heterocycles. The number of nitrogens with one attached hydrogen (secondary N) is 1. The van der Waals surface area contributed by atoms with Crippen molar-refractivity contribution in [2.75, 3.05) is 0 Å². The maximum atomic E-state index is 4.52.